The third-order valence-corrected chi connectivity index (χ3v) is 5.28. The number of H-pyrrole nitrogens is 1. The van der Waals surface area contributed by atoms with E-state index < -0.39 is 0 Å². The van der Waals surface area contributed by atoms with Gasteiger partial charge in [0.1, 0.15) is 0 Å². The molecule has 0 aliphatic carbocycles. The van der Waals surface area contributed by atoms with Gasteiger partial charge in [0.25, 0.3) is 11.8 Å². The minimum atomic E-state index is -0.311. The van der Waals surface area contributed by atoms with Crippen molar-refractivity contribution >= 4 is 50.2 Å². The fourth-order valence-electron chi connectivity index (χ4n) is 3.48. The van der Waals surface area contributed by atoms with Gasteiger partial charge in [0.15, 0.2) is 0 Å². The molecule has 6 nitrogen and oxygen atoms in total. The highest BCUT2D eigenvalue weighted by Gasteiger charge is 2.35. The minimum absolute atomic E-state index is 0.147. The smallest absolute Gasteiger partial charge is 0.261 e. The number of fused-ring (bicyclic) bond motifs is 2. The lowest BCUT2D eigenvalue weighted by atomic mass is 10.1. The number of rotatable bonds is 5. The molecule has 3 aromatic rings. The molecule has 0 spiro atoms. The first-order valence-corrected chi connectivity index (χ1v) is 9.77. The fourth-order valence-corrected chi connectivity index (χ4v) is 3.84. The zero-order valence-electron chi connectivity index (χ0n) is 15.2. The zero-order valence-corrected chi connectivity index (χ0v) is 16.8. The van der Waals surface area contributed by atoms with Crippen molar-refractivity contribution in [2.75, 3.05) is 11.9 Å². The van der Waals surface area contributed by atoms with Gasteiger partial charge in [-0.15, -0.1) is 0 Å². The van der Waals surface area contributed by atoms with Crippen LogP contribution in [0.3, 0.4) is 0 Å². The summed E-state index contributed by atoms with van der Waals surface area (Å²) in [5, 5.41) is 3.87. The Hall–Kier alpha value is -2.93. The molecule has 2 N–H and O–H groups in total. The third-order valence-electron chi connectivity index (χ3n) is 4.79. The number of benzene rings is 2. The number of halogens is 1. The number of aryl methyl sites for hydroxylation is 1. The van der Waals surface area contributed by atoms with Gasteiger partial charge < -0.3 is 10.3 Å². The molecule has 4 rings (SSSR count). The zero-order chi connectivity index (χ0) is 19.8. The summed E-state index contributed by atoms with van der Waals surface area (Å²) in [6.07, 6.45) is 0.623. The number of aromatic nitrogens is 1. The van der Waals surface area contributed by atoms with Crippen molar-refractivity contribution in [3.63, 3.8) is 0 Å². The molecule has 1 aliphatic rings. The number of nitrogens with zero attached hydrogens (tertiary/aromatic N) is 1. The molecule has 0 bridgehead atoms. The maximum atomic E-state index is 12.5. The normalized spacial score (nSPS) is 13.3. The first-order valence-electron chi connectivity index (χ1n) is 8.98. The lowest BCUT2D eigenvalue weighted by molar-refractivity contribution is -0.116. The molecule has 3 amide bonds. The third kappa shape index (κ3) is 3.33. The van der Waals surface area contributed by atoms with E-state index in [0.717, 1.165) is 26.8 Å². The number of aromatic amines is 1. The van der Waals surface area contributed by atoms with E-state index >= 15 is 0 Å². The average Bonchev–Trinajstić information content (AvgIpc) is 3.15. The number of hydrogen-bond donors (Lipinski definition) is 2. The van der Waals surface area contributed by atoms with Gasteiger partial charge in [-0.2, -0.15) is 0 Å². The van der Waals surface area contributed by atoms with Crippen LogP contribution in [0.2, 0.25) is 0 Å². The standard InChI is InChI=1S/C21H18BrN3O3/c1-12-10-16-17(23-12)4-2-5-18(16)24-19(26)6-3-9-25-20(27)14-8-7-13(22)11-15(14)21(25)28/h2,4-5,7-8,10-11,23H,3,6,9H2,1H3,(H,24,26). The van der Waals surface area contributed by atoms with Crippen LogP contribution in [0.15, 0.2) is 46.9 Å². The molecule has 0 saturated heterocycles. The molecule has 2 aromatic carbocycles. The number of nitrogens with one attached hydrogen (secondary N) is 2. The minimum Gasteiger partial charge on any atom is -0.359 e. The summed E-state index contributed by atoms with van der Waals surface area (Å²) in [6, 6.07) is 12.7. The summed E-state index contributed by atoms with van der Waals surface area (Å²) in [5.74, 6) is -0.763. The Morgan fingerprint density at radius 2 is 1.89 bits per heavy atom. The Bertz CT molecular complexity index is 1120. The SMILES string of the molecule is Cc1cc2c(NC(=O)CCCN3C(=O)c4ccc(Br)cc4C3=O)cccc2[nH]1. The van der Waals surface area contributed by atoms with Gasteiger partial charge in [0.2, 0.25) is 5.91 Å². The summed E-state index contributed by atoms with van der Waals surface area (Å²) in [4.78, 5) is 41.7. The second-order valence-corrected chi connectivity index (χ2v) is 7.74. The van der Waals surface area contributed by atoms with Crippen molar-refractivity contribution in [2.45, 2.75) is 19.8 Å². The molecule has 0 unspecified atom stereocenters. The number of amides is 3. The topological polar surface area (TPSA) is 82.3 Å². The summed E-state index contributed by atoms with van der Waals surface area (Å²) in [7, 11) is 0. The monoisotopic (exact) mass is 439 g/mol. The summed E-state index contributed by atoms with van der Waals surface area (Å²) in [6.45, 7) is 2.18. The van der Waals surface area contributed by atoms with Gasteiger partial charge in [-0.25, -0.2) is 0 Å². The van der Waals surface area contributed by atoms with Crippen LogP contribution in [0, 0.1) is 6.92 Å². The van der Waals surface area contributed by atoms with Crippen molar-refractivity contribution in [1.82, 2.24) is 9.88 Å². The quantitative estimate of drug-likeness (QED) is 0.582. The highest BCUT2D eigenvalue weighted by Crippen LogP contribution is 2.27. The van der Waals surface area contributed by atoms with E-state index in [1.807, 2.05) is 31.2 Å². The van der Waals surface area contributed by atoms with Gasteiger partial charge in [0, 0.05) is 34.0 Å². The maximum Gasteiger partial charge on any atom is 0.261 e. The Labute approximate surface area is 170 Å². The largest absolute Gasteiger partial charge is 0.359 e. The molecule has 7 heteroatoms. The van der Waals surface area contributed by atoms with Crippen LogP contribution in [-0.2, 0) is 4.79 Å². The van der Waals surface area contributed by atoms with E-state index in [2.05, 4.69) is 26.2 Å². The molecule has 1 aliphatic heterocycles. The molecule has 0 radical (unpaired) electrons. The Morgan fingerprint density at radius 1 is 1.11 bits per heavy atom. The van der Waals surface area contributed by atoms with E-state index in [-0.39, 0.29) is 30.7 Å². The second-order valence-electron chi connectivity index (χ2n) is 6.82. The lowest BCUT2D eigenvalue weighted by Gasteiger charge is -2.13. The van der Waals surface area contributed by atoms with Gasteiger partial charge in [-0.3, -0.25) is 19.3 Å². The molecule has 0 saturated carbocycles. The van der Waals surface area contributed by atoms with Crippen LogP contribution in [0.4, 0.5) is 5.69 Å². The van der Waals surface area contributed by atoms with Gasteiger partial charge in [-0.1, -0.05) is 22.0 Å². The van der Waals surface area contributed by atoms with E-state index in [1.54, 1.807) is 18.2 Å². The molecule has 2 heterocycles. The van der Waals surface area contributed by atoms with Crippen molar-refractivity contribution in [3.05, 3.63) is 63.8 Å². The lowest BCUT2D eigenvalue weighted by Crippen LogP contribution is -2.31. The molecular formula is C21H18BrN3O3. The Morgan fingerprint density at radius 3 is 2.71 bits per heavy atom. The van der Waals surface area contributed by atoms with Crippen molar-refractivity contribution in [3.8, 4) is 0 Å². The average molecular weight is 440 g/mol. The number of carbonyl (C=O) groups is 3. The molecule has 28 heavy (non-hydrogen) atoms. The van der Waals surface area contributed by atoms with Crippen LogP contribution < -0.4 is 5.32 Å². The van der Waals surface area contributed by atoms with Crippen molar-refractivity contribution < 1.29 is 14.4 Å². The molecule has 1 aromatic heterocycles. The predicted molar refractivity (Wildman–Crippen MR) is 110 cm³/mol. The Balaban J connectivity index is 1.37. The van der Waals surface area contributed by atoms with E-state index in [1.165, 1.54) is 4.90 Å². The molecule has 0 atom stereocenters. The maximum absolute atomic E-state index is 12.5. The first-order chi connectivity index (χ1) is 13.4. The number of anilines is 1. The van der Waals surface area contributed by atoms with E-state index in [4.69, 9.17) is 0 Å². The molecule has 142 valence electrons. The van der Waals surface area contributed by atoms with Crippen molar-refractivity contribution in [2.24, 2.45) is 0 Å². The van der Waals surface area contributed by atoms with Crippen molar-refractivity contribution in [1.29, 1.82) is 0 Å². The first kappa shape index (κ1) is 18.4. The predicted octanol–water partition coefficient (Wildman–Crippen LogP) is 4.25. The van der Waals surface area contributed by atoms with E-state index in [0.29, 0.717) is 17.5 Å². The van der Waals surface area contributed by atoms with Gasteiger partial charge in [0.05, 0.1) is 16.8 Å². The Kier molecular flexibility index (Phi) is 4.77. The van der Waals surface area contributed by atoms with E-state index in [9.17, 15) is 14.4 Å². The van der Waals surface area contributed by atoms with Crippen LogP contribution in [0.25, 0.3) is 10.9 Å². The number of imide groups is 1. The summed E-state index contributed by atoms with van der Waals surface area (Å²) < 4.78 is 0.753. The van der Waals surface area contributed by atoms with Crippen LogP contribution in [-0.4, -0.2) is 34.2 Å². The summed E-state index contributed by atoms with van der Waals surface area (Å²) in [5.41, 5.74) is 3.55. The number of carbonyl (C=O) groups excluding carboxylic acids is 3. The number of hydrogen-bond acceptors (Lipinski definition) is 3. The van der Waals surface area contributed by atoms with Crippen LogP contribution >= 0.6 is 15.9 Å². The highest BCUT2D eigenvalue weighted by molar-refractivity contribution is 9.10. The fraction of sp³-hybridized carbons (Fsp3) is 0.190. The second kappa shape index (κ2) is 7.24. The highest BCUT2D eigenvalue weighted by atomic mass is 79.9. The van der Waals surface area contributed by atoms with Gasteiger partial charge in [-0.05, 0) is 49.7 Å². The molecule has 0 fully saturated rings. The molecular weight excluding hydrogens is 422 g/mol. The summed E-state index contributed by atoms with van der Waals surface area (Å²) >= 11 is 3.32. The van der Waals surface area contributed by atoms with Crippen LogP contribution in [0.5, 0.6) is 0 Å². The van der Waals surface area contributed by atoms with Crippen LogP contribution in [0.1, 0.15) is 39.3 Å². The van der Waals surface area contributed by atoms with Gasteiger partial charge >= 0.3 is 0 Å².